The minimum atomic E-state index is -5.08. The predicted molar refractivity (Wildman–Crippen MR) is 125 cm³/mol. The molecule has 1 heterocycles. The fraction of sp³-hybridized carbons (Fsp3) is 0.609. The molecule has 1 aromatic carbocycles. The average Bonchev–Trinajstić information content (AvgIpc) is 2.86. The number of hydrogen-bond donors (Lipinski definition) is 4. The molecule has 1 aliphatic heterocycles. The number of nitrogens with one attached hydrogen (secondary N) is 2. The number of carbonyl (C=O) groups is 3. The lowest BCUT2D eigenvalue weighted by molar-refractivity contribution is -0.193. The molecule has 1 fully saturated rings. The summed E-state index contributed by atoms with van der Waals surface area (Å²) in [4.78, 5) is 32.5. The number of carboxylic acid groups (broad SMARTS) is 2. The van der Waals surface area contributed by atoms with Gasteiger partial charge in [0.15, 0.2) is 0 Å². The molecule has 1 atom stereocenters. The lowest BCUT2D eigenvalue weighted by Gasteiger charge is -2.36. The molecule has 1 unspecified atom stereocenters. The number of halogens is 6. The third-order valence-corrected chi connectivity index (χ3v) is 5.40. The number of benzene rings is 1. The van der Waals surface area contributed by atoms with Crippen LogP contribution in [0.15, 0.2) is 24.3 Å². The van der Waals surface area contributed by atoms with Gasteiger partial charge >= 0.3 is 24.3 Å². The van der Waals surface area contributed by atoms with Gasteiger partial charge in [-0.3, -0.25) is 4.79 Å². The Morgan fingerprint density at radius 2 is 1.53 bits per heavy atom. The molecule has 0 aliphatic carbocycles. The first kappa shape index (κ1) is 34.9. The Labute approximate surface area is 216 Å². The van der Waals surface area contributed by atoms with E-state index in [2.05, 4.69) is 29.4 Å². The highest BCUT2D eigenvalue weighted by Crippen LogP contribution is 2.15. The van der Waals surface area contributed by atoms with Crippen molar-refractivity contribution in [2.24, 2.45) is 0 Å². The summed E-state index contributed by atoms with van der Waals surface area (Å²) in [6.45, 7) is 8.35. The average molecular weight is 562 g/mol. The number of alkyl halides is 6. The fourth-order valence-electron chi connectivity index (χ4n) is 3.12. The van der Waals surface area contributed by atoms with Crippen molar-refractivity contribution in [3.63, 3.8) is 0 Å². The molecule has 218 valence electrons. The molecular formula is C23H33F6N3O6. The highest BCUT2D eigenvalue weighted by Gasteiger charge is 2.38. The number of carboxylic acids is 2. The van der Waals surface area contributed by atoms with E-state index in [-0.39, 0.29) is 5.91 Å². The highest BCUT2D eigenvalue weighted by atomic mass is 19.4. The first-order valence-corrected chi connectivity index (χ1v) is 11.5. The van der Waals surface area contributed by atoms with E-state index in [9.17, 15) is 31.1 Å². The number of rotatable bonds is 8. The molecule has 4 N–H and O–H groups in total. The molecule has 0 radical (unpaired) electrons. The molecule has 0 bridgehead atoms. The van der Waals surface area contributed by atoms with Crippen LogP contribution in [-0.2, 0) is 9.59 Å². The maximum absolute atomic E-state index is 12.1. The van der Waals surface area contributed by atoms with Crippen LogP contribution < -0.4 is 15.4 Å². The summed E-state index contributed by atoms with van der Waals surface area (Å²) in [6, 6.07) is 8.48. The Morgan fingerprint density at radius 1 is 1.03 bits per heavy atom. The van der Waals surface area contributed by atoms with E-state index in [1.807, 2.05) is 12.1 Å². The number of hydrogen-bond acceptors (Lipinski definition) is 6. The van der Waals surface area contributed by atoms with Crippen LogP contribution in [0.1, 0.15) is 43.5 Å². The molecule has 0 aromatic heterocycles. The van der Waals surface area contributed by atoms with E-state index < -0.39 is 24.3 Å². The first-order valence-electron chi connectivity index (χ1n) is 11.5. The predicted octanol–water partition coefficient (Wildman–Crippen LogP) is 3.54. The number of nitrogens with zero attached hydrogens (tertiary/aromatic N) is 1. The molecule has 15 heteroatoms. The standard InChI is InChI=1S/C19H31N3O2.2C2HF3O2/c1-4-15(2)22-12-8-17(9-13-22)20-10-11-21-19(23)16-6-5-7-18(14-16)24-3;2*3-2(4,5)1(6)7/h5-7,14-15,17,20H,4,8-13H2,1-3H3,(H,21,23);2*(H,6,7). The molecule has 1 aromatic rings. The summed E-state index contributed by atoms with van der Waals surface area (Å²) in [7, 11) is 1.60. The minimum absolute atomic E-state index is 0.0534. The second-order valence-corrected chi connectivity index (χ2v) is 8.12. The Hall–Kier alpha value is -3.07. The van der Waals surface area contributed by atoms with Gasteiger partial charge in [-0.25, -0.2) is 9.59 Å². The van der Waals surface area contributed by atoms with E-state index in [0.29, 0.717) is 29.9 Å². The number of piperidine rings is 1. The van der Waals surface area contributed by atoms with Gasteiger partial charge in [-0.1, -0.05) is 13.0 Å². The number of amides is 1. The van der Waals surface area contributed by atoms with Crippen molar-refractivity contribution in [2.75, 3.05) is 33.3 Å². The first-order chi connectivity index (χ1) is 17.5. The zero-order chi connectivity index (χ0) is 29.5. The number of likely N-dealkylation sites (tertiary alicyclic amines) is 1. The summed E-state index contributed by atoms with van der Waals surface area (Å²) < 4.78 is 68.6. The van der Waals surface area contributed by atoms with Crippen molar-refractivity contribution >= 4 is 17.8 Å². The summed E-state index contributed by atoms with van der Waals surface area (Å²) in [6.07, 6.45) is -6.57. The van der Waals surface area contributed by atoms with Gasteiger partial charge in [-0.15, -0.1) is 0 Å². The van der Waals surface area contributed by atoms with E-state index in [1.165, 1.54) is 32.4 Å². The van der Waals surface area contributed by atoms with Crippen LogP contribution in [0.2, 0.25) is 0 Å². The third kappa shape index (κ3) is 14.6. The van der Waals surface area contributed by atoms with Gasteiger partial charge in [0.05, 0.1) is 7.11 Å². The number of methoxy groups -OCH3 is 1. The van der Waals surface area contributed by atoms with Gasteiger partial charge in [-0.2, -0.15) is 26.3 Å². The Morgan fingerprint density at radius 3 is 1.95 bits per heavy atom. The van der Waals surface area contributed by atoms with Gasteiger partial charge < -0.3 is 30.5 Å². The van der Waals surface area contributed by atoms with E-state index in [0.717, 1.165) is 6.54 Å². The van der Waals surface area contributed by atoms with Crippen LogP contribution in [0.4, 0.5) is 26.3 Å². The van der Waals surface area contributed by atoms with Gasteiger partial charge in [0, 0.05) is 30.7 Å². The molecular weight excluding hydrogens is 528 g/mol. The van der Waals surface area contributed by atoms with Crippen molar-refractivity contribution in [2.45, 2.75) is 57.5 Å². The zero-order valence-electron chi connectivity index (χ0n) is 21.2. The maximum atomic E-state index is 12.1. The quantitative estimate of drug-likeness (QED) is 0.280. The molecule has 1 aliphatic rings. The normalized spacial score (nSPS) is 15.2. The summed E-state index contributed by atoms with van der Waals surface area (Å²) >= 11 is 0. The van der Waals surface area contributed by atoms with Crippen LogP contribution in [0.3, 0.4) is 0 Å². The lowest BCUT2D eigenvalue weighted by Crippen LogP contribution is -2.47. The zero-order valence-corrected chi connectivity index (χ0v) is 21.2. The van der Waals surface area contributed by atoms with Gasteiger partial charge in [0.1, 0.15) is 5.75 Å². The summed E-state index contributed by atoms with van der Waals surface area (Å²) in [5.74, 6) is -4.86. The van der Waals surface area contributed by atoms with E-state index in [1.54, 1.807) is 19.2 Å². The molecule has 0 spiro atoms. The van der Waals surface area contributed by atoms with Crippen molar-refractivity contribution in [3.05, 3.63) is 29.8 Å². The van der Waals surface area contributed by atoms with Gasteiger partial charge in [0.2, 0.25) is 0 Å². The lowest BCUT2D eigenvalue weighted by atomic mass is 10.0. The maximum Gasteiger partial charge on any atom is 0.490 e. The minimum Gasteiger partial charge on any atom is -0.497 e. The largest absolute Gasteiger partial charge is 0.497 e. The molecule has 9 nitrogen and oxygen atoms in total. The topological polar surface area (TPSA) is 128 Å². The molecule has 0 saturated carbocycles. The monoisotopic (exact) mass is 561 g/mol. The number of aliphatic carboxylic acids is 2. The smallest absolute Gasteiger partial charge is 0.490 e. The SMILES string of the molecule is CCC(C)N1CCC(NCCNC(=O)c2cccc(OC)c2)CC1.O=C(O)C(F)(F)F.O=C(O)C(F)(F)F. The van der Waals surface area contributed by atoms with Crippen LogP contribution in [0, 0.1) is 0 Å². The van der Waals surface area contributed by atoms with Gasteiger partial charge in [0.25, 0.3) is 5.91 Å². The highest BCUT2D eigenvalue weighted by molar-refractivity contribution is 5.94. The molecule has 1 saturated heterocycles. The summed E-state index contributed by atoms with van der Waals surface area (Å²) in [5, 5.41) is 20.8. The van der Waals surface area contributed by atoms with Crippen molar-refractivity contribution in [3.8, 4) is 5.75 Å². The van der Waals surface area contributed by atoms with Crippen molar-refractivity contribution in [1.29, 1.82) is 0 Å². The van der Waals surface area contributed by atoms with Crippen molar-refractivity contribution < 1.29 is 55.7 Å². The van der Waals surface area contributed by atoms with Crippen LogP contribution in [-0.4, -0.2) is 90.7 Å². The summed E-state index contributed by atoms with van der Waals surface area (Å²) in [5.41, 5.74) is 0.635. The fourth-order valence-corrected chi connectivity index (χ4v) is 3.12. The Kier molecular flexibility index (Phi) is 15.4. The van der Waals surface area contributed by atoms with Gasteiger partial charge in [-0.05, 0) is 57.5 Å². The van der Waals surface area contributed by atoms with Crippen LogP contribution >= 0.6 is 0 Å². The van der Waals surface area contributed by atoms with Crippen LogP contribution in [0.25, 0.3) is 0 Å². The number of ether oxygens (including phenoxy) is 1. The van der Waals surface area contributed by atoms with E-state index >= 15 is 0 Å². The Balaban J connectivity index is 0.000000804. The molecule has 38 heavy (non-hydrogen) atoms. The molecule has 2 rings (SSSR count). The van der Waals surface area contributed by atoms with Crippen LogP contribution in [0.5, 0.6) is 5.75 Å². The number of carbonyl (C=O) groups excluding carboxylic acids is 1. The second kappa shape index (κ2) is 16.7. The van der Waals surface area contributed by atoms with Crippen molar-refractivity contribution in [1.82, 2.24) is 15.5 Å². The third-order valence-electron chi connectivity index (χ3n) is 5.40. The second-order valence-electron chi connectivity index (χ2n) is 8.12. The van der Waals surface area contributed by atoms with E-state index in [4.69, 9.17) is 24.5 Å². The molecule has 1 amide bonds. The Bertz CT molecular complexity index is 850.